The number of aromatic nitrogens is 2. The lowest BCUT2D eigenvalue weighted by molar-refractivity contribution is 0.415. The fourth-order valence-corrected chi connectivity index (χ4v) is 2.25. The summed E-state index contributed by atoms with van der Waals surface area (Å²) in [6, 6.07) is 7.69. The van der Waals surface area contributed by atoms with Gasteiger partial charge in [-0.15, -0.1) is 6.42 Å². The van der Waals surface area contributed by atoms with Crippen LogP contribution < -0.4 is 10.5 Å². The number of nitrogen functional groups attached to an aromatic ring is 1. The molecule has 0 radical (unpaired) electrons. The standard InChI is InChI=1S/C17H21N3O/c1-6-11-20-15(18)14(19-16(20)17(2,3)4)12-7-9-13(21-5)10-8-12/h1,7-10H,11,18H2,2-5H3. The Morgan fingerprint density at radius 2 is 1.90 bits per heavy atom. The van der Waals surface area contributed by atoms with Gasteiger partial charge in [0.2, 0.25) is 0 Å². The van der Waals surface area contributed by atoms with Crippen LogP contribution in [0.1, 0.15) is 26.6 Å². The van der Waals surface area contributed by atoms with Crippen molar-refractivity contribution in [1.29, 1.82) is 0 Å². The van der Waals surface area contributed by atoms with Gasteiger partial charge in [0.15, 0.2) is 0 Å². The number of benzene rings is 1. The third kappa shape index (κ3) is 2.87. The summed E-state index contributed by atoms with van der Waals surface area (Å²) in [5, 5.41) is 0. The first-order chi connectivity index (χ1) is 9.88. The zero-order chi connectivity index (χ0) is 15.6. The molecule has 0 amide bonds. The predicted octanol–water partition coefficient (Wildman–Crippen LogP) is 3.07. The molecule has 2 aromatic rings. The molecule has 0 aliphatic heterocycles. The Morgan fingerprint density at radius 3 is 2.38 bits per heavy atom. The van der Waals surface area contributed by atoms with Crippen LogP contribution in [-0.2, 0) is 12.0 Å². The van der Waals surface area contributed by atoms with Crippen molar-refractivity contribution in [3.05, 3.63) is 30.1 Å². The molecule has 1 aromatic carbocycles. The summed E-state index contributed by atoms with van der Waals surface area (Å²) in [5.41, 5.74) is 7.85. The SMILES string of the molecule is C#CCn1c(C(C)(C)C)nc(-c2ccc(OC)cc2)c1N. The summed E-state index contributed by atoms with van der Waals surface area (Å²) in [6.07, 6.45) is 5.46. The Labute approximate surface area is 125 Å². The van der Waals surface area contributed by atoms with E-state index in [1.165, 1.54) is 0 Å². The molecule has 0 bridgehead atoms. The highest BCUT2D eigenvalue weighted by Crippen LogP contribution is 2.32. The zero-order valence-electron chi connectivity index (χ0n) is 13.0. The quantitative estimate of drug-likeness (QED) is 0.881. The molecule has 110 valence electrons. The number of hydrogen-bond donors (Lipinski definition) is 1. The smallest absolute Gasteiger partial charge is 0.132 e. The van der Waals surface area contributed by atoms with Gasteiger partial charge in [0.1, 0.15) is 23.1 Å². The fourth-order valence-electron chi connectivity index (χ4n) is 2.25. The molecule has 1 aromatic heterocycles. The van der Waals surface area contributed by atoms with Gasteiger partial charge < -0.3 is 15.0 Å². The number of hydrogen-bond acceptors (Lipinski definition) is 3. The van der Waals surface area contributed by atoms with Crippen LogP contribution in [0.4, 0.5) is 5.82 Å². The average Bonchev–Trinajstić information content (AvgIpc) is 2.77. The third-order valence-corrected chi connectivity index (χ3v) is 3.29. The monoisotopic (exact) mass is 283 g/mol. The highest BCUT2D eigenvalue weighted by molar-refractivity contribution is 5.71. The minimum absolute atomic E-state index is 0.129. The van der Waals surface area contributed by atoms with Gasteiger partial charge in [-0.2, -0.15) is 0 Å². The molecule has 2 rings (SSSR count). The molecule has 21 heavy (non-hydrogen) atoms. The Hall–Kier alpha value is -2.41. The van der Waals surface area contributed by atoms with Crippen molar-refractivity contribution < 1.29 is 4.74 Å². The van der Waals surface area contributed by atoms with Gasteiger partial charge in [0.25, 0.3) is 0 Å². The molecule has 0 saturated heterocycles. The number of rotatable bonds is 3. The fraction of sp³-hybridized carbons (Fsp3) is 0.353. The summed E-state index contributed by atoms with van der Waals surface area (Å²) in [7, 11) is 1.64. The van der Waals surface area contributed by atoms with E-state index in [-0.39, 0.29) is 5.41 Å². The topological polar surface area (TPSA) is 53.1 Å². The van der Waals surface area contributed by atoms with Crippen LogP contribution in [0.2, 0.25) is 0 Å². The molecule has 0 fully saturated rings. The predicted molar refractivity (Wildman–Crippen MR) is 86.2 cm³/mol. The average molecular weight is 283 g/mol. The van der Waals surface area contributed by atoms with E-state index in [0.29, 0.717) is 12.4 Å². The van der Waals surface area contributed by atoms with Crippen molar-refractivity contribution >= 4 is 5.82 Å². The summed E-state index contributed by atoms with van der Waals surface area (Å²) in [5.74, 6) is 4.94. The van der Waals surface area contributed by atoms with Gasteiger partial charge >= 0.3 is 0 Å². The summed E-state index contributed by atoms with van der Waals surface area (Å²) in [4.78, 5) is 4.73. The lowest BCUT2D eigenvalue weighted by Crippen LogP contribution is -2.19. The molecule has 2 N–H and O–H groups in total. The summed E-state index contributed by atoms with van der Waals surface area (Å²) < 4.78 is 7.08. The molecular formula is C17H21N3O. The first kappa shape index (κ1) is 15.0. The molecule has 0 aliphatic rings. The Kier molecular flexibility index (Phi) is 3.95. The second kappa shape index (κ2) is 5.53. The lowest BCUT2D eigenvalue weighted by Gasteiger charge is -2.18. The van der Waals surface area contributed by atoms with Gasteiger partial charge in [-0.3, -0.25) is 0 Å². The summed E-state index contributed by atoms with van der Waals surface area (Å²) >= 11 is 0. The molecule has 0 unspecified atom stereocenters. The summed E-state index contributed by atoms with van der Waals surface area (Å²) in [6.45, 7) is 6.71. The van der Waals surface area contributed by atoms with E-state index in [9.17, 15) is 0 Å². The van der Waals surface area contributed by atoms with E-state index in [1.807, 2.05) is 28.8 Å². The van der Waals surface area contributed by atoms with Crippen LogP contribution in [0, 0.1) is 12.3 Å². The molecule has 4 nitrogen and oxygen atoms in total. The van der Waals surface area contributed by atoms with Gasteiger partial charge in [0.05, 0.1) is 13.7 Å². The van der Waals surface area contributed by atoms with E-state index < -0.39 is 0 Å². The van der Waals surface area contributed by atoms with Crippen molar-refractivity contribution in [1.82, 2.24) is 9.55 Å². The van der Waals surface area contributed by atoms with Gasteiger partial charge in [-0.1, -0.05) is 26.7 Å². The molecular weight excluding hydrogens is 262 g/mol. The highest BCUT2D eigenvalue weighted by Gasteiger charge is 2.25. The van der Waals surface area contributed by atoms with E-state index in [1.54, 1.807) is 7.11 Å². The maximum Gasteiger partial charge on any atom is 0.132 e. The molecule has 0 saturated carbocycles. The van der Waals surface area contributed by atoms with Crippen LogP contribution >= 0.6 is 0 Å². The maximum atomic E-state index is 6.26. The first-order valence-corrected chi connectivity index (χ1v) is 6.83. The number of nitrogens with two attached hydrogens (primary N) is 1. The van der Waals surface area contributed by atoms with E-state index in [4.69, 9.17) is 21.9 Å². The highest BCUT2D eigenvalue weighted by atomic mass is 16.5. The third-order valence-electron chi connectivity index (χ3n) is 3.29. The maximum absolute atomic E-state index is 6.26. The minimum Gasteiger partial charge on any atom is -0.497 e. The van der Waals surface area contributed by atoms with Crippen LogP contribution in [0.15, 0.2) is 24.3 Å². The zero-order valence-corrected chi connectivity index (χ0v) is 13.0. The second-order valence-corrected chi connectivity index (χ2v) is 5.94. The Bertz CT molecular complexity index is 670. The molecule has 0 spiro atoms. The Balaban J connectivity index is 2.56. The molecule has 0 atom stereocenters. The van der Waals surface area contributed by atoms with Gasteiger partial charge in [-0.05, 0) is 24.3 Å². The lowest BCUT2D eigenvalue weighted by atomic mass is 9.95. The van der Waals surface area contributed by atoms with Crippen molar-refractivity contribution in [3.8, 4) is 29.4 Å². The second-order valence-electron chi connectivity index (χ2n) is 5.94. The van der Waals surface area contributed by atoms with Crippen molar-refractivity contribution in [2.24, 2.45) is 0 Å². The van der Waals surface area contributed by atoms with Crippen LogP contribution in [0.25, 0.3) is 11.3 Å². The number of terminal acetylenes is 1. The van der Waals surface area contributed by atoms with E-state index in [2.05, 4.69) is 26.7 Å². The van der Waals surface area contributed by atoms with Crippen LogP contribution in [0.3, 0.4) is 0 Å². The van der Waals surface area contributed by atoms with Crippen molar-refractivity contribution in [2.75, 3.05) is 12.8 Å². The normalized spacial score (nSPS) is 11.2. The van der Waals surface area contributed by atoms with Crippen molar-refractivity contribution in [2.45, 2.75) is 32.7 Å². The van der Waals surface area contributed by atoms with Gasteiger partial charge in [0, 0.05) is 11.0 Å². The van der Waals surface area contributed by atoms with E-state index >= 15 is 0 Å². The Morgan fingerprint density at radius 1 is 1.29 bits per heavy atom. The van der Waals surface area contributed by atoms with Crippen LogP contribution in [0.5, 0.6) is 5.75 Å². The largest absolute Gasteiger partial charge is 0.497 e. The van der Waals surface area contributed by atoms with Crippen molar-refractivity contribution in [3.63, 3.8) is 0 Å². The number of nitrogens with zero attached hydrogens (tertiary/aromatic N) is 2. The van der Waals surface area contributed by atoms with Gasteiger partial charge in [-0.25, -0.2) is 4.98 Å². The van der Waals surface area contributed by atoms with Crippen LogP contribution in [-0.4, -0.2) is 16.7 Å². The first-order valence-electron chi connectivity index (χ1n) is 6.83. The molecule has 4 heteroatoms. The minimum atomic E-state index is -0.129. The van der Waals surface area contributed by atoms with E-state index in [0.717, 1.165) is 22.8 Å². The molecule has 0 aliphatic carbocycles. The number of imidazole rings is 1. The molecule has 1 heterocycles. The number of ether oxygens (including phenoxy) is 1. The number of methoxy groups -OCH3 is 1. The number of anilines is 1.